The number of nitrogens with zero attached hydrogens (tertiary/aromatic N) is 1. The molecule has 0 saturated heterocycles. The molecule has 164 valence electrons. The summed E-state index contributed by atoms with van der Waals surface area (Å²) in [5.41, 5.74) is -1.84. The smallest absolute Gasteiger partial charge is 0.219 e. The molecule has 2 atom stereocenters. The lowest BCUT2D eigenvalue weighted by Crippen LogP contribution is -2.53. The molecule has 1 spiro atoms. The van der Waals surface area contributed by atoms with Crippen molar-refractivity contribution in [3.63, 3.8) is 0 Å². The van der Waals surface area contributed by atoms with E-state index in [1.807, 2.05) is 0 Å². The van der Waals surface area contributed by atoms with E-state index in [1.54, 1.807) is 25.9 Å². The second kappa shape index (κ2) is 7.86. The number of halogens is 1. The average molecular weight is 458 g/mol. The number of ketones is 2. The van der Waals surface area contributed by atoms with Crippen LogP contribution in [0.5, 0.6) is 17.2 Å². The number of sulfone groups is 1. The molecule has 1 heterocycles. The van der Waals surface area contributed by atoms with E-state index in [1.165, 1.54) is 20.3 Å². The predicted molar refractivity (Wildman–Crippen MR) is 111 cm³/mol. The fourth-order valence-corrected chi connectivity index (χ4v) is 6.02. The Morgan fingerprint density at radius 3 is 2.43 bits per heavy atom. The third-order valence-corrected chi connectivity index (χ3v) is 7.59. The topological polar surface area (TPSA) is 99.2 Å². The molecule has 0 radical (unpaired) electrons. The Balaban J connectivity index is 2.24. The first-order valence-corrected chi connectivity index (χ1v) is 11.3. The quantitative estimate of drug-likeness (QED) is 0.640. The van der Waals surface area contributed by atoms with Gasteiger partial charge in [-0.15, -0.1) is 0 Å². The van der Waals surface area contributed by atoms with Crippen LogP contribution in [0, 0.1) is 5.92 Å². The minimum atomic E-state index is -4.00. The minimum Gasteiger partial charge on any atom is -0.496 e. The van der Waals surface area contributed by atoms with Gasteiger partial charge in [0.05, 0.1) is 24.9 Å². The van der Waals surface area contributed by atoms with Crippen LogP contribution in [0.3, 0.4) is 0 Å². The number of allylic oxidation sites excluding steroid dienone is 1. The molecule has 30 heavy (non-hydrogen) atoms. The summed E-state index contributed by atoms with van der Waals surface area (Å²) >= 11 is 6.39. The molecule has 0 saturated carbocycles. The molecule has 0 fully saturated rings. The van der Waals surface area contributed by atoms with E-state index in [-0.39, 0.29) is 57.2 Å². The molecular weight excluding hydrogens is 434 g/mol. The van der Waals surface area contributed by atoms with E-state index in [9.17, 15) is 18.0 Å². The SMILES string of the molecule is COc1cc(OC)c2c(c1Cl)O[C@@]1(C2=O)C(S(=O)(=O)CCN(C)C)=CC(=O)C[C@H]1C. The summed E-state index contributed by atoms with van der Waals surface area (Å²) < 4.78 is 43.1. The van der Waals surface area contributed by atoms with Crippen LogP contribution in [-0.4, -0.2) is 71.1 Å². The predicted octanol–water partition coefficient (Wildman–Crippen LogP) is 2.14. The van der Waals surface area contributed by atoms with E-state index >= 15 is 0 Å². The lowest BCUT2D eigenvalue weighted by atomic mass is 9.77. The standard InChI is InChI=1S/C20H24ClNO7S/c1-11-8-12(23)9-15(30(25,26)7-6-22(2)3)20(11)19(24)16-13(27-4)10-14(28-5)17(21)18(16)29-20/h9-11H,6-8H2,1-5H3/t11-,20-/m1/s1. The van der Waals surface area contributed by atoms with Gasteiger partial charge in [0.1, 0.15) is 22.1 Å². The van der Waals surface area contributed by atoms with Crippen molar-refractivity contribution in [2.75, 3.05) is 40.6 Å². The van der Waals surface area contributed by atoms with Crippen molar-refractivity contribution in [1.29, 1.82) is 0 Å². The summed E-state index contributed by atoms with van der Waals surface area (Å²) in [6, 6.07) is 1.45. The first-order chi connectivity index (χ1) is 14.0. The van der Waals surface area contributed by atoms with Crippen LogP contribution in [0.15, 0.2) is 17.0 Å². The van der Waals surface area contributed by atoms with Gasteiger partial charge in [0, 0.05) is 31.0 Å². The van der Waals surface area contributed by atoms with Crippen molar-refractivity contribution in [1.82, 2.24) is 4.90 Å². The van der Waals surface area contributed by atoms with Gasteiger partial charge in [-0.05, 0) is 14.1 Å². The molecule has 10 heteroatoms. The summed E-state index contributed by atoms with van der Waals surface area (Å²) in [6.07, 6.45) is 0.982. The zero-order valence-corrected chi connectivity index (χ0v) is 19.0. The summed E-state index contributed by atoms with van der Waals surface area (Å²) in [4.78, 5) is 27.3. The van der Waals surface area contributed by atoms with Gasteiger partial charge >= 0.3 is 0 Å². The molecule has 0 bridgehead atoms. The molecule has 1 aliphatic heterocycles. The Labute approximate surface area is 180 Å². The normalized spacial score (nSPS) is 23.4. The van der Waals surface area contributed by atoms with Crippen molar-refractivity contribution in [2.45, 2.75) is 18.9 Å². The van der Waals surface area contributed by atoms with Gasteiger partial charge in [0.25, 0.3) is 0 Å². The molecule has 3 rings (SSSR count). The molecule has 1 aromatic rings. The van der Waals surface area contributed by atoms with Gasteiger partial charge in [0.15, 0.2) is 21.4 Å². The highest BCUT2D eigenvalue weighted by Gasteiger charge is 2.61. The van der Waals surface area contributed by atoms with Crippen molar-refractivity contribution < 1.29 is 32.2 Å². The number of carbonyl (C=O) groups is 2. The van der Waals surface area contributed by atoms with Crippen LogP contribution >= 0.6 is 11.6 Å². The number of benzene rings is 1. The van der Waals surface area contributed by atoms with Gasteiger partial charge < -0.3 is 19.1 Å². The Kier molecular flexibility index (Phi) is 5.92. The summed E-state index contributed by atoms with van der Waals surface area (Å²) in [6.45, 7) is 1.84. The van der Waals surface area contributed by atoms with Crippen molar-refractivity contribution >= 4 is 33.0 Å². The van der Waals surface area contributed by atoms with Crippen molar-refractivity contribution in [2.24, 2.45) is 5.92 Å². The van der Waals surface area contributed by atoms with Gasteiger partial charge in [-0.1, -0.05) is 18.5 Å². The number of methoxy groups -OCH3 is 2. The highest BCUT2D eigenvalue weighted by atomic mass is 35.5. The van der Waals surface area contributed by atoms with Crippen LogP contribution in [0.4, 0.5) is 0 Å². The lowest BCUT2D eigenvalue weighted by molar-refractivity contribution is -0.117. The highest BCUT2D eigenvalue weighted by molar-refractivity contribution is 7.95. The van der Waals surface area contributed by atoms with Crippen LogP contribution < -0.4 is 14.2 Å². The van der Waals surface area contributed by atoms with Crippen LogP contribution in [-0.2, 0) is 14.6 Å². The number of rotatable bonds is 6. The van der Waals surface area contributed by atoms with E-state index in [0.29, 0.717) is 0 Å². The summed E-state index contributed by atoms with van der Waals surface area (Å²) in [5.74, 6) is -1.61. The maximum absolute atomic E-state index is 13.7. The first-order valence-electron chi connectivity index (χ1n) is 9.30. The van der Waals surface area contributed by atoms with Gasteiger partial charge in [0.2, 0.25) is 11.4 Å². The lowest BCUT2D eigenvalue weighted by Gasteiger charge is -2.37. The number of fused-ring (bicyclic) bond motifs is 1. The van der Waals surface area contributed by atoms with Gasteiger partial charge in [-0.2, -0.15) is 0 Å². The first kappa shape index (κ1) is 22.6. The zero-order chi connectivity index (χ0) is 22.4. The van der Waals surface area contributed by atoms with E-state index in [0.717, 1.165) is 6.08 Å². The van der Waals surface area contributed by atoms with E-state index < -0.39 is 27.1 Å². The Morgan fingerprint density at radius 2 is 1.87 bits per heavy atom. The van der Waals surface area contributed by atoms with Crippen LogP contribution in [0.2, 0.25) is 5.02 Å². The molecular formula is C20H24ClNO7S. The maximum atomic E-state index is 13.7. The molecule has 0 N–H and O–H groups in total. The second-order valence-corrected chi connectivity index (χ2v) is 10.1. The number of hydrogen-bond donors (Lipinski definition) is 0. The monoisotopic (exact) mass is 457 g/mol. The van der Waals surface area contributed by atoms with Gasteiger partial charge in [-0.3, -0.25) is 9.59 Å². The highest BCUT2D eigenvalue weighted by Crippen LogP contribution is 2.55. The average Bonchev–Trinajstić information content (AvgIpc) is 2.98. The summed E-state index contributed by atoms with van der Waals surface area (Å²) in [5, 5.41) is 0.0349. The molecule has 0 aromatic heterocycles. The Hall–Kier alpha value is -2.10. The third-order valence-electron chi connectivity index (χ3n) is 5.42. The Bertz CT molecular complexity index is 1050. The van der Waals surface area contributed by atoms with E-state index in [4.69, 9.17) is 25.8 Å². The van der Waals surface area contributed by atoms with Crippen molar-refractivity contribution in [3.05, 3.63) is 27.6 Å². The van der Waals surface area contributed by atoms with Crippen molar-refractivity contribution in [3.8, 4) is 17.2 Å². The molecule has 1 aromatic carbocycles. The molecule has 0 amide bonds. The number of hydrogen-bond acceptors (Lipinski definition) is 8. The Morgan fingerprint density at radius 1 is 1.23 bits per heavy atom. The number of ether oxygens (including phenoxy) is 3. The van der Waals surface area contributed by atoms with Crippen LogP contribution in [0.25, 0.3) is 0 Å². The zero-order valence-electron chi connectivity index (χ0n) is 17.4. The molecule has 0 unspecified atom stereocenters. The largest absolute Gasteiger partial charge is 0.496 e. The minimum absolute atomic E-state index is 0.00669. The third kappa shape index (κ3) is 3.38. The number of carbonyl (C=O) groups excluding carboxylic acids is 2. The van der Waals surface area contributed by atoms with E-state index in [2.05, 4.69) is 0 Å². The fourth-order valence-electron chi connectivity index (χ4n) is 3.82. The maximum Gasteiger partial charge on any atom is 0.219 e. The van der Waals surface area contributed by atoms with Gasteiger partial charge in [-0.25, -0.2) is 8.42 Å². The molecule has 8 nitrogen and oxygen atoms in total. The number of Topliss-reactive ketones (excluding diaryl/α,β-unsaturated/α-hetero) is 1. The molecule has 2 aliphatic rings. The van der Waals surface area contributed by atoms with Crippen LogP contribution in [0.1, 0.15) is 23.7 Å². The fraction of sp³-hybridized carbons (Fsp3) is 0.500. The second-order valence-electron chi connectivity index (χ2n) is 7.67. The molecule has 1 aliphatic carbocycles. The summed E-state index contributed by atoms with van der Waals surface area (Å²) in [7, 11) is 2.25.